The van der Waals surface area contributed by atoms with Gasteiger partial charge in [0.05, 0.1) is 18.6 Å². The van der Waals surface area contributed by atoms with E-state index in [2.05, 4.69) is 0 Å². The molecule has 0 aromatic rings. The molecule has 2 heterocycles. The lowest BCUT2D eigenvalue weighted by Gasteiger charge is -2.68. The Labute approximate surface area is 220 Å². The number of carbonyl (C=O) groups excluding carboxylic acids is 4. The summed E-state index contributed by atoms with van der Waals surface area (Å²) in [6.07, 6.45) is -5.08. The largest absolute Gasteiger partial charge is 0.459 e. The molecule has 2 aliphatic heterocycles. The van der Waals surface area contributed by atoms with Crippen LogP contribution in [0.5, 0.6) is 0 Å². The molecule has 1 spiro atoms. The van der Waals surface area contributed by atoms with Gasteiger partial charge < -0.3 is 34.3 Å². The summed E-state index contributed by atoms with van der Waals surface area (Å²) in [4.78, 5) is 51.3. The molecule has 12 atom stereocenters. The SMILES string of the molecule is CCC(C)(OC(C)=O)C(=O)OC1C(=O)OC2CC3C(C)=CC(=O)C(O)C3(C)C3C(O)C(O)C4(C)OCC23C14. The maximum atomic E-state index is 13.5. The van der Waals surface area contributed by atoms with Gasteiger partial charge in [0.15, 0.2) is 5.78 Å². The predicted molar refractivity (Wildman–Crippen MR) is 127 cm³/mol. The third kappa shape index (κ3) is 3.16. The fraction of sp³-hybridized carbons (Fsp3) is 0.778. The van der Waals surface area contributed by atoms with E-state index in [0.717, 1.165) is 6.92 Å². The molecule has 210 valence electrons. The van der Waals surface area contributed by atoms with Crippen LogP contribution in [0.4, 0.5) is 0 Å². The summed E-state index contributed by atoms with van der Waals surface area (Å²) in [5.41, 5.74) is -4.91. The first kappa shape index (κ1) is 27.2. The number of hydrogen-bond donors (Lipinski definition) is 3. The van der Waals surface area contributed by atoms with Crippen molar-refractivity contribution in [3.63, 3.8) is 0 Å². The molecule has 11 nitrogen and oxygen atoms in total. The molecule has 4 fully saturated rings. The van der Waals surface area contributed by atoms with Crippen molar-refractivity contribution < 1.29 is 53.4 Å². The number of allylic oxidation sites excluding steroid dienone is 1. The Morgan fingerprint density at radius 3 is 2.45 bits per heavy atom. The van der Waals surface area contributed by atoms with E-state index in [0.29, 0.717) is 5.57 Å². The van der Waals surface area contributed by atoms with Gasteiger partial charge in [-0.1, -0.05) is 19.4 Å². The van der Waals surface area contributed by atoms with Crippen molar-refractivity contribution in [3.05, 3.63) is 11.6 Å². The number of aliphatic hydroxyl groups excluding tert-OH is 3. The first-order valence-corrected chi connectivity index (χ1v) is 13.1. The molecule has 5 rings (SSSR count). The minimum atomic E-state index is -1.68. The molecule has 3 N–H and O–H groups in total. The lowest BCUT2D eigenvalue weighted by molar-refractivity contribution is -0.298. The average molecular weight is 537 g/mol. The van der Waals surface area contributed by atoms with Crippen LogP contribution in [0.2, 0.25) is 0 Å². The van der Waals surface area contributed by atoms with E-state index in [1.165, 1.54) is 13.0 Å². The summed E-state index contributed by atoms with van der Waals surface area (Å²) in [5, 5.41) is 34.3. The molecular formula is C27H36O11. The van der Waals surface area contributed by atoms with Gasteiger partial charge in [-0.3, -0.25) is 9.59 Å². The summed E-state index contributed by atoms with van der Waals surface area (Å²) in [5.74, 6) is -5.34. The highest BCUT2D eigenvalue weighted by Gasteiger charge is 2.82. The van der Waals surface area contributed by atoms with E-state index < -0.39 is 94.0 Å². The van der Waals surface area contributed by atoms with Crippen LogP contribution >= 0.6 is 0 Å². The second kappa shape index (κ2) is 8.33. The highest BCUT2D eigenvalue weighted by molar-refractivity contribution is 5.96. The summed E-state index contributed by atoms with van der Waals surface area (Å²) in [6.45, 7) is 9.14. The minimum Gasteiger partial charge on any atom is -0.459 e. The third-order valence-corrected chi connectivity index (χ3v) is 10.4. The number of carbonyl (C=O) groups is 4. The fourth-order valence-electron chi connectivity index (χ4n) is 8.49. The quantitative estimate of drug-likeness (QED) is 0.332. The number of hydrogen-bond acceptors (Lipinski definition) is 11. The lowest BCUT2D eigenvalue weighted by atomic mass is 9.38. The number of ether oxygens (including phenoxy) is 4. The molecule has 2 bridgehead atoms. The van der Waals surface area contributed by atoms with Crippen molar-refractivity contribution >= 4 is 23.7 Å². The van der Waals surface area contributed by atoms with E-state index in [9.17, 15) is 34.5 Å². The van der Waals surface area contributed by atoms with Gasteiger partial charge in [0.1, 0.15) is 23.9 Å². The Hall–Kier alpha value is -2.34. The van der Waals surface area contributed by atoms with Gasteiger partial charge in [0.25, 0.3) is 0 Å². The smallest absolute Gasteiger partial charge is 0.351 e. The normalized spacial score (nSPS) is 48.6. The van der Waals surface area contributed by atoms with Crippen LogP contribution in [-0.4, -0.2) is 87.3 Å². The molecule has 0 radical (unpaired) electrons. The van der Waals surface area contributed by atoms with Crippen molar-refractivity contribution in [2.45, 2.75) is 96.1 Å². The van der Waals surface area contributed by atoms with Crippen molar-refractivity contribution in [1.29, 1.82) is 0 Å². The molecule has 0 amide bonds. The lowest BCUT2D eigenvalue weighted by Crippen LogP contribution is -2.78. The number of esters is 3. The zero-order valence-electron chi connectivity index (χ0n) is 22.4. The van der Waals surface area contributed by atoms with Gasteiger partial charge in [-0.05, 0) is 45.6 Å². The maximum absolute atomic E-state index is 13.5. The molecule has 2 saturated carbocycles. The molecule has 0 aromatic carbocycles. The van der Waals surface area contributed by atoms with Gasteiger partial charge in [0.2, 0.25) is 11.7 Å². The molecule has 12 unspecified atom stereocenters. The predicted octanol–water partition coefficient (Wildman–Crippen LogP) is 0.215. The highest BCUT2D eigenvalue weighted by atomic mass is 16.6. The third-order valence-electron chi connectivity index (χ3n) is 10.4. The molecule has 0 aromatic heterocycles. The van der Waals surface area contributed by atoms with Crippen LogP contribution in [-0.2, 0) is 38.1 Å². The highest BCUT2D eigenvalue weighted by Crippen LogP contribution is 2.72. The number of aliphatic hydroxyl groups is 3. The summed E-state index contributed by atoms with van der Waals surface area (Å²) in [7, 11) is 0. The zero-order valence-corrected chi connectivity index (χ0v) is 22.4. The number of ketones is 1. The Balaban J connectivity index is 1.65. The topological polar surface area (TPSA) is 166 Å². The average Bonchev–Trinajstić information content (AvgIpc) is 3.11. The monoisotopic (exact) mass is 536 g/mol. The molecule has 5 aliphatic rings. The van der Waals surface area contributed by atoms with Gasteiger partial charge >= 0.3 is 17.9 Å². The van der Waals surface area contributed by atoms with Gasteiger partial charge in [-0.25, -0.2) is 9.59 Å². The van der Waals surface area contributed by atoms with Crippen LogP contribution < -0.4 is 0 Å². The molecule has 11 heteroatoms. The Bertz CT molecular complexity index is 1130. The van der Waals surface area contributed by atoms with Crippen LogP contribution in [0, 0.1) is 28.6 Å². The second-order valence-electron chi connectivity index (χ2n) is 12.3. The van der Waals surface area contributed by atoms with Gasteiger partial charge in [-0.15, -0.1) is 0 Å². The first-order chi connectivity index (χ1) is 17.6. The van der Waals surface area contributed by atoms with E-state index in [1.54, 1.807) is 27.7 Å². The van der Waals surface area contributed by atoms with Gasteiger partial charge in [-0.2, -0.15) is 0 Å². The van der Waals surface area contributed by atoms with Crippen LogP contribution in [0.25, 0.3) is 0 Å². The fourth-order valence-corrected chi connectivity index (χ4v) is 8.49. The molecule has 3 aliphatic carbocycles. The Morgan fingerprint density at radius 1 is 1.18 bits per heavy atom. The Kier molecular flexibility index (Phi) is 5.97. The van der Waals surface area contributed by atoms with Crippen molar-refractivity contribution in [2.75, 3.05) is 6.61 Å². The van der Waals surface area contributed by atoms with E-state index in [1.807, 2.05) is 0 Å². The summed E-state index contributed by atoms with van der Waals surface area (Å²) < 4.78 is 23.1. The Morgan fingerprint density at radius 2 is 1.84 bits per heavy atom. The van der Waals surface area contributed by atoms with E-state index in [4.69, 9.17) is 18.9 Å². The molecule has 2 saturated heterocycles. The van der Waals surface area contributed by atoms with Crippen LogP contribution in [0.3, 0.4) is 0 Å². The van der Waals surface area contributed by atoms with E-state index >= 15 is 0 Å². The van der Waals surface area contributed by atoms with Crippen molar-refractivity contribution in [3.8, 4) is 0 Å². The van der Waals surface area contributed by atoms with Crippen molar-refractivity contribution in [1.82, 2.24) is 0 Å². The summed E-state index contributed by atoms with van der Waals surface area (Å²) in [6, 6.07) is 0. The first-order valence-electron chi connectivity index (χ1n) is 13.1. The summed E-state index contributed by atoms with van der Waals surface area (Å²) >= 11 is 0. The minimum absolute atomic E-state index is 0.0556. The van der Waals surface area contributed by atoms with Crippen LogP contribution in [0.1, 0.15) is 54.4 Å². The van der Waals surface area contributed by atoms with E-state index in [-0.39, 0.29) is 19.4 Å². The second-order valence-corrected chi connectivity index (χ2v) is 12.3. The van der Waals surface area contributed by atoms with Gasteiger partial charge in [0, 0.05) is 23.7 Å². The standard InChI is InChI=1S/C27H36O11/c1-7-24(4,38-12(3)28)23(34)37-17-19-26(6)21(32)16(30)18-25(5)13(11(2)8-14(29)20(25)31)9-15(36-22(17)33)27(18,19)10-35-26/h8,13,15-21,30-32H,7,9-10H2,1-6H3. The zero-order chi connectivity index (χ0) is 28.2. The molecular weight excluding hydrogens is 500 g/mol. The maximum Gasteiger partial charge on any atom is 0.351 e. The van der Waals surface area contributed by atoms with Crippen molar-refractivity contribution in [2.24, 2.45) is 28.6 Å². The van der Waals surface area contributed by atoms with Crippen LogP contribution in [0.15, 0.2) is 11.6 Å². The molecule has 38 heavy (non-hydrogen) atoms. The number of rotatable bonds is 4. The number of fused-ring (bicyclic) bond motifs is 2.